The average molecular weight is 240 g/mol. The Morgan fingerprint density at radius 1 is 1.38 bits per heavy atom. The van der Waals surface area contributed by atoms with E-state index in [1.807, 2.05) is 0 Å². The molecule has 0 fully saturated rings. The third-order valence-corrected chi connectivity index (χ3v) is 3.51. The summed E-state index contributed by atoms with van der Waals surface area (Å²) in [5, 5.41) is 14.2. The van der Waals surface area contributed by atoms with Crippen LogP contribution in [0.15, 0.2) is 12.1 Å². The molecule has 2 atom stereocenters. The molecule has 0 spiro atoms. The first-order valence-electron chi connectivity index (χ1n) is 5.78. The zero-order valence-corrected chi connectivity index (χ0v) is 10.7. The fourth-order valence-electron chi connectivity index (χ4n) is 2.61. The van der Waals surface area contributed by atoms with Crippen molar-refractivity contribution in [3.63, 3.8) is 0 Å². The van der Waals surface area contributed by atoms with Gasteiger partial charge in [-0.25, -0.2) is 0 Å². The minimum Gasteiger partial charge on any atom is -0.508 e. The summed E-state index contributed by atoms with van der Waals surface area (Å²) in [7, 11) is 0. The number of phenols is 1. The van der Waals surface area contributed by atoms with Crippen molar-refractivity contribution < 1.29 is 5.11 Å². The van der Waals surface area contributed by atoms with E-state index in [-0.39, 0.29) is 6.04 Å². The number of aromatic hydroxyl groups is 1. The lowest BCUT2D eigenvalue weighted by Crippen LogP contribution is -2.26. The predicted octanol–water partition coefficient (Wildman–Crippen LogP) is 3.59. The Balaban J connectivity index is 2.44. The van der Waals surface area contributed by atoms with Crippen molar-refractivity contribution in [2.24, 2.45) is 0 Å². The van der Waals surface area contributed by atoms with Crippen LogP contribution in [0.5, 0.6) is 5.75 Å². The molecule has 1 aliphatic carbocycles. The third-order valence-electron chi connectivity index (χ3n) is 3.18. The molecule has 0 aliphatic heterocycles. The van der Waals surface area contributed by atoms with Crippen molar-refractivity contribution in [3.8, 4) is 5.75 Å². The van der Waals surface area contributed by atoms with Gasteiger partial charge in [0.15, 0.2) is 0 Å². The molecule has 0 aromatic heterocycles. The summed E-state index contributed by atoms with van der Waals surface area (Å²) in [5.41, 5.74) is 2.11. The normalized spacial score (nSPS) is 23.8. The Hall–Kier alpha value is -0.730. The van der Waals surface area contributed by atoms with E-state index in [1.54, 1.807) is 12.1 Å². The molecule has 1 aliphatic rings. The number of phenolic OH excluding ortho intramolecular Hbond substituents is 1. The van der Waals surface area contributed by atoms with E-state index < -0.39 is 0 Å². The highest BCUT2D eigenvalue weighted by molar-refractivity contribution is 6.31. The second kappa shape index (κ2) is 4.27. The Bertz CT molecular complexity index is 403. The lowest BCUT2D eigenvalue weighted by molar-refractivity contribution is 0.427. The number of benzene rings is 1. The Kier molecular flexibility index (Phi) is 3.13. The summed E-state index contributed by atoms with van der Waals surface area (Å²) in [6.45, 7) is 6.39. The first-order valence-corrected chi connectivity index (χ1v) is 6.15. The number of halogens is 1. The monoisotopic (exact) mass is 239 g/mol. The molecule has 16 heavy (non-hydrogen) atoms. The third kappa shape index (κ3) is 1.92. The molecule has 0 saturated heterocycles. The molecule has 2 rings (SSSR count). The van der Waals surface area contributed by atoms with Gasteiger partial charge >= 0.3 is 0 Å². The molecule has 3 heteroatoms. The van der Waals surface area contributed by atoms with Crippen LogP contribution in [-0.2, 0) is 0 Å². The molecular weight excluding hydrogens is 222 g/mol. The Morgan fingerprint density at radius 3 is 2.69 bits per heavy atom. The molecule has 0 bridgehead atoms. The first kappa shape index (κ1) is 11.7. The fourth-order valence-corrected chi connectivity index (χ4v) is 2.96. The standard InChI is InChI=1S/C13H18ClNO/c1-7(2)15-10-6-8(3)12-9(14)4-5-11(16)13(10)12/h4-5,7-8,10,15-16H,6H2,1-3H3. The number of rotatable bonds is 2. The van der Waals surface area contributed by atoms with Crippen molar-refractivity contribution in [2.75, 3.05) is 0 Å². The number of fused-ring (bicyclic) bond motifs is 1. The van der Waals surface area contributed by atoms with Gasteiger partial charge in [-0.05, 0) is 30.0 Å². The Morgan fingerprint density at radius 2 is 2.06 bits per heavy atom. The van der Waals surface area contributed by atoms with Crippen LogP contribution in [0.3, 0.4) is 0 Å². The van der Waals surface area contributed by atoms with Crippen molar-refractivity contribution in [1.29, 1.82) is 0 Å². The maximum Gasteiger partial charge on any atom is 0.120 e. The van der Waals surface area contributed by atoms with Crippen molar-refractivity contribution >= 4 is 11.6 Å². The predicted molar refractivity (Wildman–Crippen MR) is 67.2 cm³/mol. The average Bonchev–Trinajstić information content (AvgIpc) is 2.49. The second-order valence-electron chi connectivity index (χ2n) is 4.90. The summed E-state index contributed by atoms with van der Waals surface area (Å²) in [5.74, 6) is 0.771. The van der Waals surface area contributed by atoms with E-state index in [4.69, 9.17) is 11.6 Å². The van der Waals surface area contributed by atoms with E-state index in [0.29, 0.717) is 17.7 Å². The molecule has 1 aromatic carbocycles. The Labute approximate surface area is 102 Å². The molecular formula is C13H18ClNO. The first-order chi connectivity index (χ1) is 7.50. The van der Waals surface area contributed by atoms with Crippen LogP contribution in [0.2, 0.25) is 5.02 Å². The molecule has 88 valence electrons. The smallest absolute Gasteiger partial charge is 0.120 e. The summed E-state index contributed by atoms with van der Waals surface area (Å²) >= 11 is 6.20. The summed E-state index contributed by atoms with van der Waals surface area (Å²) in [6.07, 6.45) is 1.00. The molecule has 2 N–H and O–H groups in total. The number of hydrogen-bond acceptors (Lipinski definition) is 2. The topological polar surface area (TPSA) is 32.3 Å². The number of hydrogen-bond donors (Lipinski definition) is 2. The highest BCUT2D eigenvalue weighted by Gasteiger charge is 2.32. The summed E-state index contributed by atoms with van der Waals surface area (Å²) in [4.78, 5) is 0. The van der Waals surface area contributed by atoms with E-state index in [9.17, 15) is 5.11 Å². The molecule has 0 heterocycles. The molecule has 2 nitrogen and oxygen atoms in total. The highest BCUT2D eigenvalue weighted by atomic mass is 35.5. The minimum absolute atomic E-state index is 0.226. The van der Waals surface area contributed by atoms with Crippen LogP contribution in [0.4, 0.5) is 0 Å². The zero-order chi connectivity index (χ0) is 11.9. The minimum atomic E-state index is 0.226. The van der Waals surface area contributed by atoms with Gasteiger partial charge in [-0.15, -0.1) is 0 Å². The van der Waals surface area contributed by atoms with Crippen LogP contribution in [-0.4, -0.2) is 11.1 Å². The maximum absolute atomic E-state index is 9.96. The van der Waals surface area contributed by atoms with Crippen LogP contribution in [0.25, 0.3) is 0 Å². The summed E-state index contributed by atoms with van der Waals surface area (Å²) in [6, 6.07) is 4.10. The van der Waals surface area contributed by atoms with Gasteiger partial charge in [-0.3, -0.25) is 0 Å². The lowest BCUT2D eigenvalue weighted by atomic mass is 10.0. The van der Waals surface area contributed by atoms with E-state index in [1.165, 1.54) is 0 Å². The van der Waals surface area contributed by atoms with Gasteiger partial charge in [-0.1, -0.05) is 32.4 Å². The van der Waals surface area contributed by atoms with Crippen LogP contribution >= 0.6 is 11.6 Å². The van der Waals surface area contributed by atoms with Gasteiger partial charge in [0.05, 0.1) is 0 Å². The molecule has 1 aromatic rings. The fraction of sp³-hybridized carbons (Fsp3) is 0.538. The highest BCUT2D eigenvalue weighted by Crippen LogP contribution is 2.47. The van der Waals surface area contributed by atoms with Crippen LogP contribution in [0.1, 0.15) is 50.3 Å². The van der Waals surface area contributed by atoms with Gasteiger partial charge in [0, 0.05) is 22.7 Å². The molecule has 2 unspecified atom stereocenters. The van der Waals surface area contributed by atoms with E-state index >= 15 is 0 Å². The molecule has 0 saturated carbocycles. The van der Waals surface area contributed by atoms with E-state index in [2.05, 4.69) is 26.1 Å². The second-order valence-corrected chi connectivity index (χ2v) is 5.31. The van der Waals surface area contributed by atoms with Crippen molar-refractivity contribution in [2.45, 2.75) is 45.2 Å². The van der Waals surface area contributed by atoms with E-state index in [0.717, 1.165) is 22.6 Å². The van der Waals surface area contributed by atoms with Gasteiger partial charge in [-0.2, -0.15) is 0 Å². The SMILES string of the molecule is CC(C)NC1CC(C)c2c(Cl)ccc(O)c21. The van der Waals surface area contributed by atoms with Crippen molar-refractivity contribution in [3.05, 3.63) is 28.3 Å². The number of nitrogens with one attached hydrogen (secondary N) is 1. The zero-order valence-electron chi connectivity index (χ0n) is 9.92. The van der Waals surface area contributed by atoms with Gasteiger partial charge in [0.1, 0.15) is 5.75 Å². The van der Waals surface area contributed by atoms with Crippen LogP contribution in [0, 0.1) is 0 Å². The van der Waals surface area contributed by atoms with Crippen molar-refractivity contribution in [1.82, 2.24) is 5.32 Å². The largest absolute Gasteiger partial charge is 0.508 e. The molecule has 0 radical (unpaired) electrons. The van der Waals surface area contributed by atoms with Gasteiger partial charge in [0.25, 0.3) is 0 Å². The lowest BCUT2D eigenvalue weighted by Gasteiger charge is -2.18. The maximum atomic E-state index is 9.96. The molecule has 0 amide bonds. The van der Waals surface area contributed by atoms with Crippen LogP contribution < -0.4 is 5.32 Å². The van der Waals surface area contributed by atoms with Gasteiger partial charge < -0.3 is 10.4 Å². The van der Waals surface area contributed by atoms with Gasteiger partial charge in [0.2, 0.25) is 0 Å². The quantitative estimate of drug-likeness (QED) is 0.827. The summed E-state index contributed by atoms with van der Waals surface area (Å²) < 4.78 is 0.